The standard InChI is InChI=1S/CHNS.Cl2O2S/c2-1-3;1-5(2,3)4/h2H;. The summed E-state index contributed by atoms with van der Waals surface area (Å²) < 4.78 is 18.3. The molecule has 0 spiro atoms. The van der Waals surface area contributed by atoms with Crippen LogP contribution in [0.3, 0.4) is 0 Å². The van der Waals surface area contributed by atoms with E-state index in [0.29, 0.717) is 0 Å². The van der Waals surface area contributed by atoms with Crippen LogP contribution in [0.5, 0.6) is 0 Å². The third kappa shape index (κ3) is 1650. The normalized spacial score (nSPS) is 8.25. The van der Waals surface area contributed by atoms with Gasteiger partial charge in [0, 0.05) is 21.4 Å². The van der Waals surface area contributed by atoms with Gasteiger partial charge in [0.1, 0.15) is 0 Å². The maximum Gasteiger partial charge on any atom is 0.317 e. The SMILES string of the molecule is N=C=S.O=S(=O)(Cl)Cl. The van der Waals surface area contributed by atoms with E-state index in [1.165, 1.54) is 0 Å². The smallest absolute Gasteiger partial charge is 0.248 e. The van der Waals surface area contributed by atoms with Crippen LogP contribution in [0.15, 0.2) is 0 Å². The van der Waals surface area contributed by atoms with Crippen LogP contribution in [0.4, 0.5) is 0 Å². The van der Waals surface area contributed by atoms with E-state index in [4.69, 9.17) is 13.8 Å². The maximum atomic E-state index is 9.16. The molecule has 0 aliphatic rings. The molecular formula is CHCl2NO2S2. The van der Waals surface area contributed by atoms with Gasteiger partial charge in [0.2, 0.25) is 0 Å². The lowest BCUT2D eigenvalue weighted by Crippen LogP contribution is -1.63. The summed E-state index contributed by atoms with van der Waals surface area (Å²) in [7, 11) is 4.81. The first-order valence-corrected chi connectivity index (χ1v) is 4.64. The maximum absolute atomic E-state index is 9.16. The second-order valence-electron chi connectivity index (χ2n) is 0.480. The summed E-state index contributed by atoms with van der Waals surface area (Å²) >= 11 is 3.81. The fraction of sp³-hybridized carbons (Fsp3) is 0. The molecule has 48 valence electrons. The molecular weight excluding hydrogens is 193 g/mol. The molecule has 3 nitrogen and oxygen atoms in total. The van der Waals surface area contributed by atoms with Crippen molar-refractivity contribution in [2.45, 2.75) is 0 Å². The van der Waals surface area contributed by atoms with E-state index in [2.05, 4.69) is 33.6 Å². The number of halogens is 2. The van der Waals surface area contributed by atoms with Crippen LogP contribution < -0.4 is 0 Å². The Morgan fingerprint density at radius 1 is 1.50 bits per heavy atom. The monoisotopic (exact) mass is 193 g/mol. The fourth-order valence-electron chi connectivity index (χ4n) is 0. The van der Waals surface area contributed by atoms with Gasteiger partial charge in [0.25, 0.3) is 0 Å². The minimum absolute atomic E-state index is 1.58. The van der Waals surface area contributed by atoms with Gasteiger partial charge in [-0.3, -0.25) is 0 Å². The van der Waals surface area contributed by atoms with Crippen LogP contribution in [-0.4, -0.2) is 13.6 Å². The van der Waals surface area contributed by atoms with E-state index in [-0.39, 0.29) is 0 Å². The zero-order valence-electron chi connectivity index (χ0n) is 3.39. The van der Waals surface area contributed by atoms with Crippen molar-refractivity contribution in [2.24, 2.45) is 0 Å². The molecule has 0 aromatic heterocycles. The van der Waals surface area contributed by atoms with Crippen molar-refractivity contribution in [1.29, 1.82) is 5.41 Å². The van der Waals surface area contributed by atoms with Crippen LogP contribution in [0, 0.1) is 5.41 Å². The zero-order valence-corrected chi connectivity index (χ0v) is 6.53. The van der Waals surface area contributed by atoms with Crippen molar-refractivity contribution in [3.63, 3.8) is 0 Å². The molecule has 0 heterocycles. The molecule has 0 aliphatic heterocycles. The molecule has 7 heteroatoms. The van der Waals surface area contributed by atoms with Crippen molar-refractivity contribution in [3.8, 4) is 0 Å². The third-order valence-electron chi connectivity index (χ3n) is 0. The van der Waals surface area contributed by atoms with Gasteiger partial charge >= 0.3 is 8.26 Å². The predicted molar refractivity (Wildman–Crippen MR) is 35.9 cm³/mol. The van der Waals surface area contributed by atoms with Gasteiger partial charge in [-0.25, -0.2) is 5.41 Å². The number of hydrogen-bond donors (Lipinski definition) is 1. The lowest BCUT2D eigenvalue weighted by molar-refractivity contribution is 0.621. The Morgan fingerprint density at radius 3 is 1.50 bits per heavy atom. The molecule has 0 fully saturated rings. The van der Waals surface area contributed by atoms with Crippen LogP contribution in [0.1, 0.15) is 0 Å². The Balaban J connectivity index is 0. The summed E-state index contributed by atoms with van der Waals surface area (Å²) in [5.74, 6) is 0. The summed E-state index contributed by atoms with van der Waals surface area (Å²) in [5, 5.41) is 7.36. The highest BCUT2D eigenvalue weighted by atomic mass is 36.0. The molecule has 0 saturated carbocycles. The molecule has 0 aliphatic carbocycles. The highest BCUT2D eigenvalue weighted by Crippen LogP contribution is 1.98. The Hall–Kier alpha value is 0.330. The molecule has 0 radical (unpaired) electrons. The van der Waals surface area contributed by atoms with Gasteiger partial charge in [-0.05, 0) is 12.2 Å². The summed E-state index contributed by atoms with van der Waals surface area (Å²) in [6, 6.07) is 0. The van der Waals surface area contributed by atoms with Crippen molar-refractivity contribution < 1.29 is 8.42 Å². The van der Waals surface area contributed by atoms with E-state index in [1.807, 2.05) is 0 Å². The summed E-state index contributed by atoms with van der Waals surface area (Å²) in [5.41, 5.74) is 0. The van der Waals surface area contributed by atoms with E-state index < -0.39 is 8.26 Å². The minimum Gasteiger partial charge on any atom is -0.248 e. The van der Waals surface area contributed by atoms with Crippen LogP contribution in [0.2, 0.25) is 0 Å². The molecule has 0 bridgehead atoms. The number of nitrogens with one attached hydrogen (secondary N) is 1. The second kappa shape index (κ2) is 5.47. The molecule has 0 rings (SSSR count). The largest absolute Gasteiger partial charge is 0.317 e. The highest BCUT2D eigenvalue weighted by Gasteiger charge is 1.88. The van der Waals surface area contributed by atoms with Gasteiger partial charge in [-0.15, -0.1) is 0 Å². The van der Waals surface area contributed by atoms with Crippen molar-refractivity contribution in [2.75, 3.05) is 0 Å². The van der Waals surface area contributed by atoms with E-state index in [1.54, 1.807) is 5.16 Å². The van der Waals surface area contributed by atoms with Crippen LogP contribution in [-0.2, 0) is 8.26 Å². The van der Waals surface area contributed by atoms with Crippen molar-refractivity contribution >= 4 is 47.0 Å². The zero-order chi connectivity index (χ0) is 7.21. The van der Waals surface area contributed by atoms with Gasteiger partial charge < -0.3 is 0 Å². The Morgan fingerprint density at radius 2 is 1.50 bits per heavy atom. The fourth-order valence-corrected chi connectivity index (χ4v) is 0. The van der Waals surface area contributed by atoms with Gasteiger partial charge in [-0.2, -0.15) is 8.42 Å². The van der Waals surface area contributed by atoms with Gasteiger partial charge in [0.15, 0.2) is 0 Å². The van der Waals surface area contributed by atoms with E-state index >= 15 is 0 Å². The first-order valence-electron chi connectivity index (χ1n) is 1.10. The first-order chi connectivity index (χ1) is 3.41. The summed E-state index contributed by atoms with van der Waals surface area (Å²) in [6.45, 7) is 0. The number of rotatable bonds is 0. The van der Waals surface area contributed by atoms with Crippen molar-refractivity contribution in [1.82, 2.24) is 0 Å². The third-order valence-corrected chi connectivity index (χ3v) is 0. The number of thiocarbonyl (C=S) groups is 1. The first kappa shape index (κ1) is 11.2. The average molecular weight is 194 g/mol. The molecule has 0 aromatic rings. The Kier molecular flexibility index (Phi) is 7.63. The molecule has 0 atom stereocenters. The number of isothiocyanates is 1. The lowest BCUT2D eigenvalue weighted by Gasteiger charge is -1.61. The molecule has 1 N–H and O–H groups in total. The minimum atomic E-state index is -3.72. The van der Waals surface area contributed by atoms with E-state index in [0.717, 1.165) is 0 Å². The number of hydrogen-bond acceptors (Lipinski definition) is 4. The molecule has 8 heavy (non-hydrogen) atoms. The quantitative estimate of drug-likeness (QED) is 0.360. The molecule has 0 amide bonds. The summed E-state index contributed by atoms with van der Waals surface area (Å²) in [4.78, 5) is 0. The average Bonchev–Trinajstić information content (AvgIpc) is 1.27. The molecule has 0 unspecified atom stereocenters. The second-order valence-corrected chi connectivity index (χ2v) is 4.35. The van der Waals surface area contributed by atoms with Gasteiger partial charge in [0.05, 0.1) is 5.16 Å². The Labute approximate surface area is 61.0 Å². The van der Waals surface area contributed by atoms with Crippen molar-refractivity contribution in [3.05, 3.63) is 0 Å². The molecule has 0 saturated heterocycles. The van der Waals surface area contributed by atoms with Gasteiger partial charge in [-0.1, -0.05) is 0 Å². The van der Waals surface area contributed by atoms with Crippen LogP contribution in [0.25, 0.3) is 0 Å². The lowest BCUT2D eigenvalue weighted by atomic mass is 11.8. The Bertz CT molecular complexity index is 158. The summed E-state index contributed by atoms with van der Waals surface area (Å²) in [6.07, 6.45) is 0. The molecule has 0 aromatic carbocycles. The van der Waals surface area contributed by atoms with Crippen LogP contribution >= 0.6 is 33.6 Å². The topological polar surface area (TPSA) is 58.0 Å². The van der Waals surface area contributed by atoms with E-state index in [9.17, 15) is 0 Å². The predicted octanol–water partition coefficient (Wildman–Crippen LogP) is 1.38. The highest BCUT2D eigenvalue weighted by molar-refractivity contribution is 8.31.